The maximum absolute atomic E-state index is 9.85. The van der Waals surface area contributed by atoms with Crippen LogP contribution in [0.25, 0.3) is 54.5 Å². The molecular formula is C48H42N8Pt. The topological polar surface area (TPSA) is 88.6 Å². The number of hydrogen-bond acceptors (Lipinski definition) is 6. The molecule has 0 aliphatic carbocycles. The zero-order valence-corrected chi connectivity index (χ0v) is 36.1. The minimum atomic E-state index is 0. The van der Waals surface area contributed by atoms with Gasteiger partial charge in [-0.1, -0.05) is 91.5 Å². The number of nitriles is 2. The first-order valence-electron chi connectivity index (χ1n) is 17.9. The molecule has 0 atom stereocenters. The van der Waals surface area contributed by atoms with Crippen LogP contribution in [0.15, 0.2) is 73.1 Å². The van der Waals surface area contributed by atoms with Gasteiger partial charge in [-0.05, 0) is 77.1 Å². The maximum Gasteiger partial charge on any atom is 2.00 e. The third kappa shape index (κ3) is 9.29. The number of aromatic nitrogens is 2. The normalized spacial score (nSPS) is 10.1. The molecule has 2 heterocycles. The van der Waals surface area contributed by atoms with Gasteiger partial charge >= 0.3 is 21.1 Å². The van der Waals surface area contributed by atoms with Crippen molar-refractivity contribution >= 4 is 22.7 Å². The second-order valence-corrected chi connectivity index (χ2v) is 14.2. The Morgan fingerprint density at radius 2 is 1.04 bits per heavy atom. The Balaban J connectivity index is 0.000000248. The number of hydrogen-bond donors (Lipinski definition) is 0. The Labute approximate surface area is 351 Å². The molecule has 9 heteroatoms. The molecule has 6 aromatic rings. The van der Waals surface area contributed by atoms with E-state index in [1.807, 2.05) is 76.1 Å². The van der Waals surface area contributed by atoms with Crippen LogP contribution in [0.4, 0.5) is 22.7 Å². The molecule has 4 aromatic carbocycles. The Morgan fingerprint density at radius 1 is 0.579 bits per heavy atom. The molecule has 0 radical (unpaired) electrons. The van der Waals surface area contributed by atoms with Crippen LogP contribution >= 0.6 is 0 Å². The summed E-state index contributed by atoms with van der Waals surface area (Å²) in [7, 11) is 7.87. The summed E-state index contributed by atoms with van der Waals surface area (Å²) in [6.45, 7) is 27.5. The molecule has 57 heavy (non-hydrogen) atoms. The first-order valence-corrected chi connectivity index (χ1v) is 17.9. The van der Waals surface area contributed by atoms with E-state index in [0.717, 1.165) is 55.9 Å². The zero-order chi connectivity index (χ0) is 40.8. The number of aryl methyl sites for hydroxylation is 6. The van der Waals surface area contributed by atoms with Crippen LogP contribution in [0.5, 0.6) is 0 Å². The van der Waals surface area contributed by atoms with Gasteiger partial charge in [-0.25, -0.2) is 5.26 Å². The van der Waals surface area contributed by atoms with Crippen molar-refractivity contribution in [1.29, 1.82) is 10.5 Å². The van der Waals surface area contributed by atoms with Crippen molar-refractivity contribution in [3.63, 3.8) is 0 Å². The number of benzene rings is 4. The Morgan fingerprint density at radius 3 is 1.44 bits per heavy atom. The van der Waals surface area contributed by atoms with Gasteiger partial charge in [0.15, 0.2) is 0 Å². The van der Waals surface area contributed by atoms with Crippen molar-refractivity contribution in [2.45, 2.75) is 41.5 Å². The third-order valence-corrected chi connectivity index (χ3v) is 9.47. The number of anilines is 2. The summed E-state index contributed by atoms with van der Waals surface area (Å²) >= 11 is 0. The predicted octanol–water partition coefficient (Wildman–Crippen LogP) is 11.3. The molecule has 0 unspecified atom stereocenters. The molecule has 0 spiro atoms. The fourth-order valence-electron chi connectivity index (χ4n) is 7.15. The van der Waals surface area contributed by atoms with E-state index < -0.39 is 0 Å². The van der Waals surface area contributed by atoms with Gasteiger partial charge in [0.1, 0.15) is 11.4 Å². The van der Waals surface area contributed by atoms with E-state index in [1.54, 1.807) is 24.5 Å². The molecule has 0 aliphatic heterocycles. The van der Waals surface area contributed by atoms with Gasteiger partial charge < -0.3 is 14.8 Å². The average molecular weight is 926 g/mol. The molecular weight excluding hydrogens is 884 g/mol. The van der Waals surface area contributed by atoms with E-state index in [0.29, 0.717) is 45.0 Å². The van der Waals surface area contributed by atoms with Gasteiger partial charge in [-0.15, -0.1) is 35.4 Å². The Bertz CT molecular complexity index is 2430. The summed E-state index contributed by atoms with van der Waals surface area (Å²) in [5.41, 5.74) is 16.6. The number of pyridine rings is 2. The van der Waals surface area contributed by atoms with Crippen molar-refractivity contribution in [2.24, 2.45) is 0 Å². The van der Waals surface area contributed by atoms with Crippen molar-refractivity contribution in [3.05, 3.63) is 153 Å². The van der Waals surface area contributed by atoms with Crippen molar-refractivity contribution in [3.8, 4) is 56.9 Å². The average Bonchev–Trinajstić information content (AvgIpc) is 3.17. The van der Waals surface area contributed by atoms with Gasteiger partial charge in [0, 0.05) is 57.7 Å². The van der Waals surface area contributed by atoms with Crippen LogP contribution in [-0.4, -0.2) is 38.2 Å². The molecule has 0 N–H and O–H groups in total. The minimum absolute atomic E-state index is 0. The summed E-state index contributed by atoms with van der Waals surface area (Å²) in [5.74, 6) is 0. The molecule has 0 fully saturated rings. The van der Waals surface area contributed by atoms with Crippen LogP contribution in [-0.2, 0) is 21.1 Å². The van der Waals surface area contributed by atoms with E-state index in [-0.39, 0.29) is 21.1 Å². The number of nitrogens with zero attached hydrogens (tertiary/aromatic N) is 8. The quantitative estimate of drug-likeness (QED) is 0.155. The van der Waals surface area contributed by atoms with E-state index in [9.17, 15) is 10.5 Å². The van der Waals surface area contributed by atoms with Gasteiger partial charge in [-0.3, -0.25) is 14.7 Å². The molecule has 0 saturated heterocycles. The largest absolute Gasteiger partial charge is 2.00 e. The molecule has 2 aromatic heterocycles. The summed E-state index contributed by atoms with van der Waals surface area (Å²) in [6.07, 6.45) is 3.49. The van der Waals surface area contributed by atoms with Crippen molar-refractivity contribution in [2.75, 3.05) is 38.0 Å². The number of rotatable bonds is 6. The predicted molar refractivity (Wildman–Crippen MR) is 227 cm³/mol. The van der Waals surface area contributed by atoms with Crippen LogP contribution in [0.1, 0.15) is 44.5 Å². The SMILES string of the molecule is [C-]#[N+]c1[c-]c(-c2cc(N(C)C)ccn2)c(-c2c(C)cc(C)cc2C)c(C#N)c1.[C-]#[N+]c1cc(C#N)[c-]c(-c2cc(N(C)C)ccn2)c1-c1c(C)cc(C)cc1C.[Pt+2]. The maximum atomic E-state index is 9.85. The standard InChI is InChI=1S/2C24H21N4.Pt/c1-15-9-16(2)23(17(3)10-15)24-18(14-25)11-19(26-4)12-21(24)22-13-20(28(5)6)7-8-27-22;1-15-9-16(2)23(17(3)10-15)24-20(11-18(14-25)12-22(24)26-4)21-13-19(28(5)6)7-8-27-21;/h7-11,13H,1-3,5-6H3;7-10,12-13H,1-3,5-6H3;/q2*-1;+2. The fourth-order valence-corrected chi connectivity index (χ4v) is 7.15. The summed E-state index contributed by atoms with van der Waals surface area (Å²) in [4.78, 5) is 20.3. The van der Waals surface area contributed by atoms with Gasteiger partial charge in [0.2, 0.25) is 0 Å². The smallest absolute Gasteiger partial charge is 0.378 e. The molecule has 0 amide bonds. The van der Waals surface area contributed by atoms with E-state index in [1.165, 1.54) is 11.1 Å². The molecule has 0 bridgehead atoms. The molecule has 0 saturated carbocycles. The molecule has 6 rings (SSSR count). The van der Waals surface area contributed by atoms with E-state index >= 15 is 0 Å². The van der Waals surface area contributed by atoms with Gasteiger partial charge in [0.05, 0.1) is 19.2 Å². The first-order chi connectivity index (χ1) is 26.7. The molecule has 0 aliphatic rings. The minimum Gasteiger partial charge on any atom is -0.378 e. The molecule has 8 nitrogen and oxygen atoms in total. The van der Waals surface area contributed by atoms with Gasteiger partial charge in [-0.2, -0.15) is 5.26 Å². The third-order valence-electron chi connectivity index (χ3n) is 9.47. The van der Waals surface area contributed by atoms with E-state index in [2.05, 4.69) is 95.9 Å². The Hall–Kier alpha value is -6.57. The van der Waals surface area contributed by atoms with Crippen LogP contribution < -0.4 is 9.80 Å². The first kappa shape index (κ1) is 43.2. The fraction of sp³-hybridized carbons (Fsp3) is 0.208. The summed E-state index contributed by atoms with van der Waals surface area (Å²) in [6, 6.07) is 30.3. The second-order valence-electron chi connectivity index (χ2n) is 14.2. The van der Waals surface area contributed by atoms with Crippen LogP contribution in [0.3, 0.4) is 0 Å². The molecule has 284 valence electrons. The van der Waals surface area contributed by atoms with Gasteiger partial charge in [0.25, 0.3) is 0 Å². The van der Waals surface area contributed by atoms with Crippen molar-refractivity contribution in [1.82, 2.24) is 9.97 Å². The zero-order valence-electron chi connectivity index (χ0n) is 33.8. The monoisotopic (exact) mass is 925 g/mol. The van der Waals surface area contributed by atoms with Crippen LogP contribution in [0.2, 0.25) is 0 Å². The Kier molecular flexibility index (Phi) is 13.9. The summed E-state index contributed by atoms with van der Waals surface area (Å²) < 4.78 is 0. The van der Waals surface area contributed by atoms with Crippen molar-refractivity contribution < 1.29 is 21.1 Å². The van der Waals surface area contributed by atoms with Crippen LogP contribution in [0, 0.1) is 89.5 Å². The second kappa shape index (κ2) is 18.4. The summed E-state index contributed by atoms with van der Waals surface area (Å²) in [5, 5.41) is 19.3. The van der Waals surface area contributed by atoms with E-state index in [4.69, 9.17) is 13.1 Å².